The van der Waals surface area contributed by atoms with Crippen LogP contribution in [0.25, 0.3) is 0 Å². The third-order valence-electron chi connectivity index (χ3n) is 3.05. The van der Waals surface area contributed by atoms with Crippen molar-refractivity contribution in [2.75, 3.05) is 6.54 Å². The number of hydrogen-bond donors (Lipinski definition) is 2. The molecule has 0 aromatic carbocycles. The SMILES string of the molecule is C#CCC(NC(=O)N(CCCC)C(C)CC)C(=O)O. The highest BCUT2D eigenvalue weighted by Crippen LogP contribution is 2.07. The van der Waals surface area contributed by atoms with Crippen molar-refractivity contribution in [2.45, 2.75) is 58.5 Å². The molecule has 2 amide bonds. The Hall–Kier alpha value is -1.70. The number of terminal acetylenes is 1. The number of aliphatic carboxylic acids is 1. The van der Waals surface area contributed by atoms with Crippen LogP contribution in [-0.4, -0.2) is 40.6 Å². The summed E-state index contributed by atoms with van der Waals surface area (Å²) in [6, 6.07) is -1.30. The second-order valence-electron chi connectivity index (χ2n) is 4.55. The highest BCUT2D eigenvalue weighted by molar-refractivity contribution is 5.83. The van der Waals surface area contributed by atoms with Crippen molar-refractivity contribution < 1.29 is 14.7 Å². The lowest BCUT2D eigenvalue weighted by molar-refractivity contribution is -0.139. The van der Waals surface area contributed by atoms with Crippen molar-refractivity contribution in [3.05, 3.63) is 0 Å². The quantitative estimate of drug-likeness (QED) is 0.662. The van der Waals surface area contributed by atoms with Crippen molar-refractivity contribution in [3.8, 4) is 12.3 Å². The number of amides is 2. The lowest BCUT2D eigenvalue weighted by atomic mass is 10.2. The summed E-state index contributed by atoms with van der Waals surface area (Å²) in [5, 5.41) is 11.5. The zero-order valence-corrected chi connectivity index (χ0v) is 12.0. The van der Waals surface area contributed by atoms with E-state index in [0.29, 0.717) is 6.54 Å². The van der Waals surface area contributed by atoms with Gasteiger partial charge in [-0.3, -0.25) is 0 Å². The first kappa shape index (κ1) is 17.3. The van der Waals surface area contributed by atoms with Gasteiger partial charge in [-0.05, 0) is 19.8 Å². The lowest BCUT2D eigenvalue weighted by Gasteiger charge is -2.29. The molecule has 0 fully saturated rings. The number of carboxylic acids is 1. The minimum Gasteiger partial charge on any atom is -0.480 e. The Morgan fingerprint density at radius 1 is 1.42 bits per heavy atom. The van der Waals surface area contributed by atoms with Crippen molar-refractivity contribution >= 4 is 12.0 Å². The lowest BCUT2D eigenvalue weighted by Crippen LogP contribution is -2.50. The monoisotopic (exact) mass is 268 g/mol. The zero-order valence-electron chi connectivity index (χ0n) is 12.0. The molecule has 0 aliphatic heterocycles. The molecule has 19 heavy (non-hydrogen) atoms. The fraction of sp³-hybridized carbons (Fsp3) is 0.714. The summed E-state index contributed by atoms with van der Waals surface area (Å²) in [6.07, 6.45) is 7.79. The van der Waals surface area contributed by atoms with Gasteiger partial charge in [-0.25, -0.2) is 9.59 Å². The van der Waals surface area contributed by atoms with Crippen LogP contribution in [0.3, 0.4) is 0 Å². The number of carbonyl (C=O) groups excluding carboxylic acids is 1. The van der Waals surface area contributed by atoms with E-state index in [-0.39, 0.29) is 18.5 Å². The van der Waals surface area contributed by atoms with Crippen molar-refractivity contribution in [1.82, 2.24) is 10.2 Å². The molecule has 0 aromatic heterocycles. The molecule has 0 heterocycles. The van der Waals surface area contributed by atoms with Crippen LogP contribution < -0.4 is 5.32 Å². The van der Waals surface area contributed by atoms with E-state index < -0.39 is 12.0 Å². The van der Waals surface area contributed by atoms with Gasteiger partial charge in [0, 0.05) is 19.0 Å². The average Bonchev–Trinajstić information content (AvgIpc) is 2.38. The molecule has 0 aliphatic rings. The maximum Gasteiger partial charge on any atom is 0.327 e. The van der Waals surface area contributed by atoms with Crippen molar-refractivity contribution in [1.29, 1.82) is 0 Å². The molecule has 0 bridgehead atoms. The maximum atomic E-state index is 12.1. The van der Waals surface area contributed by atoms with Crippen molar-refractivity contribution in [2.24, 2.45) is 0 Å². The van der Waals surface area contributed by atoms with E-state index >= 15 is 0 Å². The molecule has 5 heteroatoms. The second-order valence-corrected chi connectivity index (χ2v) is 4.55. The zero-order chi connectivity index (χ0) is 14.8. The summed E-state index contributed by atoms with van der Waals surface area (Å²) in [5.41, 5.74) is 0. The van der Waals surface area contributed by atoms with Gasteiger partial charge in [0.05, 0.1) is 0 Å². The minimum atomic E-state index is -1.11. The standard InChI is InChI=1S/C14H24N2O3/c1-5-8-10-16(11(4)7-3)14(19)15-12(9-6-2)13(17)18/h2,11-12H,5,7-10H2,1,3-4H3,(H,15,19)(H,17,18). The van der Waals surface area contributed by atoms with Crippen LogP contribution >= 0.6 is 0 Å². The van der Waals surface area contributed by atoms with E-state index in [9.17, 15) is 9.59 Å². The van der Waals surface area contributed by atoms with Gasteiger partial charge < -0.3 is 15.3 Å². The normalized spacial score (nSPS) is 13.2. The molecule has 0 saturated carbocycles. The van der Waals surface area contributed by atoms with Gasteiger partial charge in [-0.1, -0.05) is 20.3 Å². The fourth-order valence-electron chi connectivity index (χ4n) is 1.62. The minimum absolute atomic E-state index is 0.0107. The number of carbonyl (C=O) groups is 2. The molecule has 0 aliphatic carbocycles. The molecule has 108 valence electrons. The maximum absolute atomic E-state index is 12.1. The number of carboxylic acid groups (broad SMARTS) is 1. The largest absolute Gasteiger partial charge is 0.480 e. The van der Waals surface area contributed by atoms with Crippen LogP contribution in [0.15, 0.2) is 0 Å². The summed E-state index contributed by atoms with van der Waals surface area (Å²) in [4.78, 5) is 24.8. The Bertz CT molecular complexity index is 336. The number of unbranched alkanes of at least 4 members (excludes halogenated alkanes) is 1. The molecule has 0 aromatic rings. The van der Waals surface area contributed by atoms with E-state index in [1.807, 2.05) is 20.8 Å². The Kier molecular flexibility index (Phi) is 8.43. The summed E-state index contributed by atoms with van der Waals surface area (Å²) in [5.74, 6) is 1.16. The molecular formula is C14H24N2O3. The van der Waals surface area contributed by atoms with Gasteiger partial charge in [-0.15, -0.1) is 12.3 Å². The molecule has 0 spiro atoms. The Morgan fingerprint density at radius 2 is 2.05 bits per heavy atom. The molecule has 2 unspecified atom stereocenters. The average molecular weight is 268 g/mol. The predicted molar refractivity (Wildman–Crippen MR) is 74.8 cm³/mol. The predicted octanol–water partition coefficient (Wildman–Crippen LogP) is 2.07. The third kappa shape index (κ3) is 6.14. The van der Waals surface area contributed by atoms with Gasteiger partial charge >= 0.3 is 12.0 Å². The van der Waals surface area contributed by atoms with E-state index in [4.69, 9.17) is 11.5 Å². The molecule has 5 nitrogen and oxygen atoms in total. The Balaban J connectivity index is 4.69. The van der Waals surface area contributed by atoms with Crippen LogP contribution in [0, 0.1) is 12.3 Å². The second kappa shape index (κ2) is 9.26. The number of urea groups is 1. The summed E-state index contributed by atoms with van der Waals surface area (Å²) < 4.78 is 0. The smallest absolute Gasteiger partial charge is 0.327 e. The third-order valence-corrected chi connectivity index (χ3v) is 3.05. The number of nitrogens with zero attached hydrogens (tertiary/aromatic N) is 1. The van der Waals surface area contributed by atoms with E-state index in [1.165, 1.54) is 0 Å². The highest BCUT2D eigenvalue weighted by atomic mass is 16.4. The van der Waals surface area contributed by atoms with E-state index in [0.717, 1.165) is 19.3 Å². The van der Waals surface area contributed by atoms with Crippen molar-refractivity contribution in [3.63, 3.8) is 0 Å². The number of hydrogen-bond acceptors (Lipinski definition) is 2. The van der Waals surface area contributed by atoms with E-state index in [1.54, 1.807) is 4.90 Å². The molecule has 0 rings (SSSR count). The van der Waals surface area contributed by atoms with Crippen LogP contribution in [-0.2, 0) is 4.79 Å². The molecule has 0 radical (unpaired) electrons. The van der Waals surface area contributed by atoms with Gasteiger partial charge in [0.1, 0.15) is 6.04 Å². The summed E-state index contributed by atoms with van der Waals surface area (Å²) >= 11 is 0. The van der Waals surface area contributed by atoms with Gasteiger partial charge in [0.2, 0.25) is 0 Å². The highest BCUT2D eigenvalue weighted by Gasteiger charge is 2.24. The number of rotatable bonds is 8. The molecule has 0 saturated heterocycles. The molecular weight excluding hydrogens is 244 g/mol. The first-order valence-electron chi connectivity index (χ1n) is 6.71. The van der Waals surface area contributed by atoms with Crippen LogP contribution in [0.5, 0.6) is 0 Å². The van der Waals surface area contributed by atoms with Gasteiger partial charge in [-0.2, -0.15) is 0 Å². The summed E-state index contributed by atoms with van der Waals surface area (Å²) in [6.45, 7) is 6.62. The van der Waals surface area contributed by atoms with Crippen LogP contribution in [0.1, 0.15) is 46.5 Å². The fourth-order valence-corrected chi connectivity index (χ4v) is 1.62. The van der Waals surface area contributed by atoms with Crippen LogP contribution in [0.4, 0.5) is 4.79 Å². The van der Waals surface area contributed by atoms with E-state index in [2.05, 4.69) is 11.2 Å². The van der Waals surface area contributed by atoms with Gasteiger partial charge in [0.25, 0.3) is 0 Å². The molecule has 2 atom stereocenters. The first-order chi connectivity index (χ1) is 8.97. The number of nitrogens with one attached hydrogen (secondary N) is 1. The Morgan fingerprint density at radius 3 is 2.47 bits per heavy atom. The first-order valence-corrected chi connectivity index (χ1v) is 6.71. The topological polar surface area (TPSA) is 69.6 Å². The Labute approximate surface area is 115 Å². The van der Waals surface area contributed by atoms with Gasteiger partial charge in [0.15, 0.2) is 0 Å². The summed E-state index contributed by atoms with van der Waals surface area (Å²) in [7, 11) is 0. The van der Waals surface area contributed by atoms with Crippen LogP contribution in [0.2, 0.25) is 0 Å². The molecule has 2 N–H and O–H groups in total.